The topological polar surface area (TPSA) is 159 Å². The van der Waals surface area contributed by atoms with Gasteiger partial charge in [-0.2, -0.15) is 0 Å². The van der Waals surface area contributed by atoms with E-state index in [-0.39, 0.29) is 43.8 Å². The lowest BCUT2D eigenvalue weighted by atomic mass is 9.98. The lowest BCUT2D eigenvalue weighted by Crippen LogP contribution is -2.51. The largest absolute Gasteiger partial charge is 0.463 e. The van der Waals surface area contributed by atoms with Crippen molar-refractivity contribution < 1.29 is 37.8 Å². The number of anilines is 1. The number of ether oxygens (including phenoxy) is 3. The number of esters is 1. The first-order valence-corrected chi connectivity index (χ1v) is 22.1. The molecule has 3 aromatic rings. The van der Waals surface area contributed by atoms with Crippen LogP contribution in [0.5, 0.6) is 0 Å². The molecular formula is C46H67N7O9. The molecule has 340 valence electrons. The summed E-state index contributed by atoms with van der Waals surface area (Å²) in [6.45, 7) is 12.6. The first-order chi connectivity index (χ1) is 29.4. The Morgan fingerprint density at radius 3 is 2.31 bits per heavy atom. The monoisotopic (exact) mass is 862 g/mol. The number of likely N-dealkylation sites (tertiary alicyclic amines) is 3. The molecule has 0 radical (unpaired) electrons. The standard InChI is InChI=1S/C33H41N5O6.C12H22N2O3.CH4/c1-21-8-13-36(14-9-21)30(39)28(20-23-18-22(2)29-27(19-23)43-32(41)35(29)3)44-33(42)37-15-11-25(12-16-37)38-17-10-24-6-4-5-7-26(24)34-31(38)40;1-13-4-2-3-11(13)12(15)17-10-7-14-5-8-16-9-6-14;/h4-7,18-19,21,25,28H,8-17,20H2,1-3H3,(H,34,40);11H,2-10H2,1H3;1H4/t28-;11-;/m10./s1. The number of benzene rings is 2. The van der Waals surface area contributed by atoms with Crippen molar-refractivity contribution in [1.29, 1.82) is 0 Å². The second-order valence-electron chi connectivity index (χ2n) is 17.3. The van der Waals surface area contributed by atoms with Crippen LogP contribution in [0.25, 0.3) is 11.1 Å². The summed E-state index contributed by atoms with van der Waals surface area (Å²) >= 11 is 0. The van der Waals surface area contributed by atoms with Crippen LogP contribution in [0.4, 0.5) is 15.3 Å². The van der Waals surface area contributed by atoms with E-state index in [0.29, 0.717) is 69.2 Å². The summed E-state index contributed by atoms with van der Waals surface area (Å²) in [6, 6.07) is 11.4. The van der Waals surface area contributed by atoms with Gasteiger partial charge in [-0.3, -0.25) is 24.0 Å². The van der Waals surface area contributed by atoms with Gasteiger partial charge in [0.05, 0.1) is 18.7 Å². The average molecular weight is 862 g/mol. The van der Waals surface area contributed by atoms with Gasteiger partial charge in [0.1, 0.15) is 12.6 Å². The van der Waals surface area contributed by atoms with Crippen molar-refractivity contribution in [2.45, 2.75) is 90.8 Å². The van der Waals surface area contributed by atoms with E-state index < -0.39 is 18.0 Å². The first kappa shape index (κ1) is 46.6. The molecule has 4 amide bonds. The molecule has 2 atom stereocenters. The Kier molecular flexibility index (Phi) is 16.1. The van der Waals surface area contributed by atoms with E-state index in [4.69, 9.17) is 18.6 Å². The fraction of sp³-hybridized carbons (Fsp3) is 0.630. The lowest BCUT2D eigenvalue weighted by molar-refractivity contribution is -0.149. The molecule has 0 spiro atoms. The molecule has 62 heavy (non-hydrogen) atoms. The number of hydrogen-bond donors (Lipinski definition) is 1. The van der Waals surface area contributed by atoms with Crippen LogP contribution in [-0.2, 0) is 43.7 Å². The van der Waals surface area contributed by atoms with Gasteiger partial charge in [0.15, 0.2) is 11.7 Å². The number of morpholine rings is 1. The number of aromatic nitrogens is 1. The molecule has 2 aromatic carbocycles. The molecule has 5 aliphatic rings. The third-order valence-corrected chi connectivity index (χ3v) is 13.0. The van der Waals surface area contributed by atoms with Crippen molar-refractivity contribution >= 4 is 40.8 Å². The molecule has 1 N–H and O–H groups in total. The van der Waals surface area contributed by atoms with Crippen molar-refractivity contribution in [2.75, 3.05) is 91.1 Å². The van der Waals surface area contributed by atoms with Gasteiger partial charge in [-0.1, -0.05) is 38.6 Å². The van der Waals surface area contributed by atoms with Gasteiger partial charge in [-0.25, -0.2) is 14.4 Å². The average Bonchev–Trinajstić information content (AvgIpc) is 3.77. The number of carbonyl (C=O) groups is 4. The van der Waals surface area contributed by atoms with Gasteiger partial charge >= 0.3 is 23.8 Å². The van der Waals surface area contributed by atoms with E-state index in [1.807, 2.05) is 49.2 Å². The maximum absolute atomic E-state index is 13.8. The van der Waals surface area contributed by atoms with Crippen LogP contribution in [0.15, 0.2) is 45.6 Å². The van der Waals surface area contributed by atoms with Crippen LogP contribution >= 0.6 is 0 Å². The van der Waals surface area contributed by atoms with Crippen LogP contribution in [0.3, 0.4) is 0 Å². The predicted octanol–water partition coefficient (Wildman–Crippen LogP) is 4.89. The highest BCUT2D eigenvalue weighted by molar-refractivity contribution is 5.91. The predicted molar refractivity (Wildman–Crippen MR) is 236 cm³/mol. The summed E-state index contributed by atoms with van der Waals surface area (Å²) in [5.41, 5.74) is 4.72. The summed E-state index contributed by atoms with van der Waals surface area (Å²) in [4.78, 5) is 73.9. The summed E-state index contributed by atoms with van der Waals surface area (Å²) < 4.78 is 23.5. The van der Waals surface area contributed by atoms with Gasteiger partial charge in [-0.05, 0) is 100 Å². The summed E-state index contributed by atoms with van der Waals surface area (Å²) in [6.07, 6.45) is 4.54. The minimum absolute atomic E-state index is 0. The van der Waals surface area contributed by atoms with Gasteiger partial charge in [0.25, 0.3) is 5.91 Å². The molecule has 0 unspecified atom stereocenters. The molecule has 16 nitrogen and oxygen atoms in total. The van der Waals surface area contributed by atoms with Crippen LogP contribution < -0.4 is 11.1 Å². The summed E-state index contributed by atoms with van der Waals surface area (Å²) in [7, 11) is 3.65. The Labute approximate surface area is 365 Å². The van der Waals surface area contributed by atoms with E-state index in [2.05, 4.69) is 22.0 Å². The number of hydrogen-bond acceptors (Lipinski definition) is 11. The number of urea groups is 1. The molecular weight excluding hydrogens is 795 g/mol. The van der Waals surface area contributed by atoms with E-state index in [1.165, 1.54) is 4.57 Å². The second-order valence-corrected chi connectivity index (χ2v) is 17.3. The Bertz CT molecular complexity index is 2060. The molecule has 4 saturated heterocycles. The molecule has 0 aliphatic carbocycles. The number of amides is 4. The number of oxazole rings is 1. The molecule has 16 heteroatoms. The fourth-order valence-corrected chi connectivity index (χ4v) is 9.22. The highest BCUT2D eigenvalue weighted by atomic mass is 16.6. The fourth-order valence-electron chi connectivity index (χ4n) is 9.22. The van der Waals surface area contributed by atoms with Gasteiger partial charge in [0, 0.05) is 77.6 Å². The maximum atomic E-state index is 13.8. The zero-order valence-electron chi connectivity index (χ0n) is 36.3. The maximum Gasteiger partial charge on any atom is 0.419 e. The Morgan fingerprint density at radius 1 is 0.887 bits per heavy atom. The highest BCUT2D eigenvalue weighted by Gasteiger charge is 2.36. The number of piperidine rings is 2. The minimum atomic E-state index is -1.00. The van der Waals surface area contributed by atoms with Gasteiger partial charge in [0.2, 0.25) is 0 Å². The zero-order chi connectivity index (χ0) is 43.0. The molecule has 0 bridgehead atoms. The van der Waals surface area contributed by atoms with Crippen LogP contribution in [0.1, 0.15) is 69.6 Å². The Hall–Kier alpha value is -4.93. The van der Waals surface area contributed by atoms with Crippen molar-refractivity contribution in [3.8, 4) is 0 Å². The number of carbonyl (C=O) groups excluding carboxylic acids is 4. The van der Waals surface area contributed by atoms with Gasteiger partial charge in [-0.15, -0.1) is 0 Å². The van der Waals surface area contributed by atoms with Crippen LogP contribution in [0.2, 0.25) is 0 Å². The SMILES string of the molecule is C.CN1CCC[C@H]1C(=O)OCCN1CCOCC1.Cc1cc(C[C@@H](OC(=O)N2CCC(N3CCc4ccccc4NC3=O)CC2)C(=O)N2CCC(C)CC2)cc2oc(=O)n(C)c12. The van der Waals surface area contributed by atoms with E-state index in [9.17, 15) is 24.0 Å². The molecule has 6 heterocycles. The third-order valence-electron chi connectivity index (χ3n) is 13.0. The highest BCUT2D eigenvalue weighted by Crippen LogP contribution is 2.27. The quantitative estimate of drug-likeness (QED) is 0.292. The smallest absolute Gasteiger partial charge is 0.419 e. The van der Waals surface area contributed by atoms with E-state index in [0.717, 1.165) is 93.9 Å². The van der Waals surface area contributed by atoms with E-state index in [1.54, 1.807) is 22.9 Å². The zero-order valence-corrected chi connectivity index (χ0v) is 36.3. The second kappa shape index (κ2) is 21.4. The molecule has 8 rings (SSSR count). The number of aryl methyl sites for hydroxylation is 2. The van der Waals surface area contributed by atoms with Crippen LogP contribution in [0, 0.1) is 12.8 Å². The van der Waals surface area contributed by atoms with Crippen molar-refractivity contribution in [2.24, 2.45) is 13.0 Å². The van der Waals surface area contributed by atoms with Crippen molar-refractivity contribution in [1.82, 2.24) is 29.1 Å². The number of rotatable bonds is 9. The van der Waals surface area contributed by atoms with Gasteiger partial charge < -0.3 is 38.6 Å². The molecule has 0 saturated carbocycles. The number of para-hydroxylation sites is 1. The molecule has 5 aliphatic heterocycles. The Morgan fingerprint density at radius 2 is 1.60 bits per heavy atom. The van der Waals surface area contributed by atoms with Crippen molar-refractivity contribution in [3.05, 3.63) is 63.6 Å². The third kappa shape index (κ3) is 11.4. The van der Waals surface area contributed by atoms with Crippen molar-refractivity contribution in [3.63, 3.8) is 0 Å². The number of nitrogens with zero attached hydrogens (tertiary/aromatic N) is 6. The normalized spacial score (nSPS) is 20.9. The minimum Gasteiger partial charge on any atom is -0.463 e. The number of likely N-dealkylation sites (N-methyl/N-ethyl adjacent to an activating group) is 1. The number of nitrogens with one attached hydrogen (secondary N) is 1. The van der Waals surface area contributed by atoms with Crippen LogP contribution in [-0.4, -0.2) is 157 Å². The summed E-state index contributed by atoms with van der Waals surface area (Å²) in [5, 5.41) is 3.03. The summed E-state index contributed by atoms with van der Waals surface area (Å²) in [5.74, 6) is -0.161. The number of fused-ring (bicyclic) bond motifs is 2. The Balaban J connectivity index is 0.000000299. The first-order valence-electron chi connectivity index (χ1n) is 22.1. The lowest BCUT2D eigenvalue weighted by Gasteiger charge is -2.38. The molecule has 1 aromatic heterocycles. The molecule has 4 fully saturated rings. The van der Waals surface area contributed by atoms with E-state index >= 15 is 0 Å².